The summed E-state index contributed by atoms with van der Waals surface area (Å²) in [6, 6.07) is 6.75. The van der Waals surface area contributed by atoms with E-state index in [0.29, 0.717) is 12.2 Å². The van der Waals surface area contributed by atoms with E-state index in [2.05, 4.69) is 0 Å². The molecule has 0 spiro atoms. The summed E-state index contributed by atoms with van der Waals surface area (Å²) >= 11 is 0. The number of nitrogens with one attached hydrogen (secondary N) is 1. The predicted octanol–water partition coefficient (Wildman–Crippen LogP) is 0.00490. The van der Waals surface area contributed by atoms with Crippen molar-refractivity contribution >= 4 is 21.6 Å². The van der Waals surface area contributed by atoms with Crippen LogP contribution in [0.15, 0.2) is 24.3 Å². The number of hydrogen-bond acceptors (Lipinski definition) is 4. The summed E-state index contributed by atoms with van der Waals surface area (Å²) in [5.74, 6) is 4.70. The maximum absolute atomic E-state index is 11.5. The first-order valence-corrected chi connectivity index (χ1v) is 7.29. The predicted molar refractivity (Wildman–Crippen MR) is 70.3 cm³/mol. The van der Waals surface area contributed by atoms with Crippen molar-refractivity contribution in [2.24, 2.45) is 5.84 Å². The molecule has 0 unspecified atom stereocenters. The van der Waals surface area contributed by atoms with E-state index in [1.165, 1.54) is 4.31 Å². The minimum absolute atomic E-state index is 0.168. The number of hydrazine groups is 1. The first-order valence-electron chi connectivity index (χ1n) is 5.44. The van der Waals surface area contributed by atoms with Gasteiger partial charge in [-0.3, -0.25) is 14.5 Å². The zero-order chi connectivity index (χ0) is 13.8. The molecule has 1 aromatic rings. The Balaban J connectivity index is 2.91. The standard InChI is InChI=1S/C11H17N3O3S/c1-3-14(18(2,16)17)10-6-4-9(5-7-10)8-11(15)13-12/h4-7H,3,8,12H2,1-2H3,(H,13,15). The third-order valence-electron chi connectivity index (χ3n) is 2.44. The van der Waals surface area contributed by atoms with Gasteiger partial charge in [0.1, 0.15) is 0 Å². The maximum atomic E-state index is 11.5. The van der Waals surface area contributed by atoms with E-state index >= 15 is 0 Å². The molecule has 0 saturated heterocycles. The van der Waals surface area contributed by atoms with Crippen LogP contribution in [0.4, 0.5) is 5.69 Å². The molecule has 1 amide bonds. The number of sulfonamides is 1. The number of hydrogen-bond donors (Lipinski definition) is 2. The van der Waals surface area contributed by atoms with Gasteiger partial charge in [-0.15, -0.1) is 0 Å². The molecule has 7 heteroatoms. The molecule has 0 heterocycles. The number of amides is 1. The summed E-state index contributed by atoms with van der Waals surface area (Å²) in [4.78, 5) is 11.1. The summed E-state index contributed by atoms with van der Waals surface area (Å²) < 4.78 is 24.3. The minimum atomic E-state index is -3.27. The highest BCUT2D eigenvalue weighted by molar-refractivity contribution is 7.92. The van der Waals surface area contributed by atoms with Gasteiger partial charge in [0.2, 0.25) is 15.9 Å². The lowest BCUT2D eigenvalue weighted by Gasteiger charge is -2.20. The third-order valence-corrected chi connectivity index (χ3v) is 3.71. The average molecular weight is 271 g/mol. The number of carbonyl (C=O) groups excluding carboxylic acids is 1. The van der Waals surface area contributed by atoms with Crippen LogP contribution in [-0.4, -0.2) is 27.1 Å². The van der Waals surface area contributed by atoms with E-state index in [4.69, 9.17) is 5.84 Å². The van der Waals surface area contributed by atoms with Crippen LogP contribution >= 0.6 is 0 Å². The summed E-state index contributed by atoms with van der Waals surface area (Å²) in [5.41, 5.74) is 3.39. The molecule has 0 aliphatic heterocycles. The molecule has 1 aromatic carbocycles. The molecule has 0 aliphatic rings. The normalized spacial score (nSPS) is 11.1. The quantitative estimate of drug-likeness (QED) is 0.448. The van der Waals surface area contributed by atoms with Crippen LogP contribution in [0.5, 0.6) is 0 Å². The number of nitrogens with zero attached hydrogens (tertiary/aromatic N) is 1. The van der Waals surface area contributed by atoms with Gasteiger partial charge < -0.3 is 0 Å². The first-order chi connectivity index (χ1) is 8.38. The van der Waals surface area contributed by atoms with Gasteiger partial charge >= 0.3 is 0 Å². The number of carbonyl (C=O) groups is 1. The Labute approximate surface area is 107 Å². The molecule has 0 aliphatic carbocycles. The lowest BCUT2D eigenvalue weighted by molar-refractivity contribution is -0.120. The van der Waals surface area contributed by atoms with E-state index in [-0.39, 0.29) is 12.3 Å². The Bertz CT molecular complexity index is 511. The molecule has 18 heavy (non-hydrogen) atoms. The second-order valence-corrected chi connectivity index (χ2v) is 5.75. The summed E-state index contributed by atoms with van der Waals surface area (Å²) in [5, 5.41) is 0. The average Bonchev–Trinajstić information content (AvgIpc) is 2.30. The van der Waals surface area contributed by atoms with Crippen LogP contribution in [0.2, 0.25) is 0 Å². The van der Waals surface area contributed by atoms with Crippen molar-refractivity contribution in [3.63, 3.8) is 0 Å². The van der Waals surface area contributed by atoms with Crippen molar-refractivity contribution in [2.45, 2.75) is 13.3 Å². The van der Waals surface area contributed by atoms with Crippen molar-refractivity contribution in [1.29, 1.82) is 0 Å². The van der Waals surface area contributed by atoms with Gasteiger partial charge in [-0.1, -0.05) is 12.1 Å². The highest BCUT2D eigenvalue weighted by atomic mass is 32.2. The molecule has 0 saturated carbocycles. The first kappa shape index (κ1) is 14.5. The number of rotatable bonds is 5. The Morgan fingerprint density at radius 2 is 1.89 bits per heavy atom. The highest BCUT2D eigenvalue weighted by Crippen LogP contribution is 2.18. The number of benzene rings is 1. The minimum Gasteiger partial charge on any atom is -0.294 e. The Morgan fingerprint density at radius 1 is 1.33 bits per heavy atom. The summed E-state index contributed by atoms with van der Waals surface area (Å²) in [6.45, 7) is 2.12. The fourth-order valence-corrected chi connectivity index (χ4v) is 2.60. The van der Waals surface area contributed by atoms with Crippen LogP contribution in [0.25, 0.3) is 0 Å². The maximum Gasteiger partial charge on any atom is 0.238 e. The van der Waals surface area contributed by atoms with E-state index in [0.717, 1.165) is 11.8 Å². The molecular formula is C11H17N3O3S. The molecular weight excluding hydrogens is 254 g/mol. The van der Waals surface area contributed by atoms with Crippen molar-refractivity contribution in [2.75, 3.05) is 17.1 Å². The van der Waals surface area contributed by atoms with E-state index < -0.39 is 10.0 Å². The molecule has 100 valence electrons. The van der Waals surface area contributed by atoms with Crippen LogP contribution in [0.3, 0.4) is 0 Å². The molecule has 0 aromatic heterocycles. The largest absolute Gasteiger partial charge is 0.294 e. The SMILES string of the molecule is CCN(c1ccc(CC(=O)NN)cc1)S(C)(=O)=O. The topological polar surface area (TPSA) is 92.5 Å². The summed E-state index contributed by atoms with van der Waals surface area (Å²) in [7, 11) is -3.27. The lowest BCUT2D eigenvalue weighted by Crippen LogP contribution is -2.31. The van der Waals surface area contributed by atoms with E-state index in [1.54, 1.807) is 31.2 Å². The molecule has 1 rings (SSSR count). The van der Waals surface area contributed by atoms with Crippen LogP contribution in [0.1, 0.15) is 12.5 Å². The zero-order valence-corrected chi connectivity index (χ0v) is 11.2. The van der Waals surface area contributed by atoms with Crippen LogP contribution < -0.4 is 15.6 Å². The molecule has 0 fully saturated rings. The van der Waals surface area contributed by atoms with Gasteiger partial charge in [0.05, 0.1) is 18.4 Å². The molecule has 0 bridgehead atoms. The van der Waals surface area contributed by atoms with Crippen LogP contribution in [-0.2, 0) is 21.2 Å². The zero-order valence-electron chi connectivity index (χ0n) is 10.4. The van der Waals surface area contributed by atoms with Gasteiger partial charge in [-0.25, -0.2) is 14.3 Å². The molecule has 6 nitrogen and oxygen atoms in total. The fraction of sp³-hybridized carbons (Fsp3) is 0.364. The van der Waals surface area contributed by atoms with Crippen molar-refractivity contribution in [1.82, 2.24) is 5.43 Å². The van der Waals surface area contributed by atoms with Gasteiger partial charge in [-0.2, -0.15) is 0 Å². The molecule has 0 atom stereocenters. The van der Waals surface area contributed by atoms with Crippen LogP contribution in [0, 0.1) is 0 Å². The second kappa shape index (κ2) is 5.83. The molecule has 3 N–H and O–H groups in total. The lowest BCUT2D eigenvalue weighted by atomic mass is 10.1. The van der Waals surface area contributed by atoms with E-state index in [9.17, 15) is 13.2 Å². The van der Waals surface area contributed by atoms with Gasteiger partial charge in [0.25, 0.3) is 0 Å². The van der Waals surface area contributed by atoms with Crippen molar-refractivity contribution in [3.8, 4) is 0 Å². The fourth-order valence-electron chi connectivity index (χ4n) is 1.63. The highest BCUT2D eigenvalue weighted by Gasteiger charge is 2.14. The Kier molecular flexibility index (Phi) is 4.69. The van der Waals surface area contributed by atoms with E-state index in [1.807, 2.05) is 5.43 Å². The smallest absolute Gasteiger partial charge is 0.238 e. The number of nitrogens with two attached hydrogens (primary N) is 1. The second-order valence-electron chi connectivity index (χ2n) is 3.84. The Hall–Kier alpha value is -1.60. The summed E-state index contributed by atoms with van der Waals surface area (Å²) in [6.07, 6.45) is 1.33. The third kappa shape index (κ3) is 3.71. The van der Waals surface area contributed by atoms with Crippen molar-refractivity contribution in [3.05, 3.63) is 29.8 Å². The van der Waals surface area contributed by atoms with Gasteiger partial charge in [-0.05, 0) is 24.6 Å². The van der Waals surface area contributed by atoms with Gasteiger partial charge in [0, 0.05) is 6.54 Å². The Morgan fingerprint density at radius 3 is 2.28 bits per heavy atom. The van der Waals surface area contributed by atoms with Crippen molar-refractivity contribution < 1.29 is 13.2 Å². The molecule has 0 radical (unpaired) electrons. The monoisotopic (exact) mass is 271 g/mol. The number of anilines is 1. The van der Waals surface area contributed by atoms with Gasteiger partial charge in [0.15, 0.2) is 0 Å².